The van der Waals surface area contributed by atoms with E-state index in [0.717, 1.165) is 6.42 Å². The van der Waals surface area contributed by atoms with E-state index in [-0.39, 0.29) is 11.6 Å². The van der Waals surface area contributed by atoms with Crippen molar-refractivity contribution in [2.24, 2.45) is 0 Å². The van der Waals surface area contributed by atoms with Crippen molar-refractivity contribution in [2.75, 3.05) is 11.9 Å². The smallest absolute Gasteiger partial charge is 0.356 e. The average Bonchev–Trinajstić information content (AvgIpc) is 2.66. The zero-order valence-corrected chi connectivity index (χ0v) is 9.50. The van der Waals surface area contributed by atoms with Gasteiger partial charge in [0.25, 0.3) is 0 Å². The molecule has 0 fully saturated rings. The van der Waals surface area contributed by atoms with Crippen molar-refractivity contribution < 1.29 is 14.3 Å². The molecule has 5 nitrogen and oxygen atoms in total. The number of ether oxygens (including phenoxy) is 1. The van der Waals surface area contributed by atoms with Gasteiger partial charge in [0.1, 0.15) is 5.69 Å². The van der Waals surface area contributed by atoms with Crippen LogP contribution in [0.2, 0.25) is 0 Å². The van der Waals surface area contributed by atoms with Crippen LogP contribution in [0, 0.1) is 0 Å². The molecular formula is C11H16N2O3. The second-order valence-electron chi connectivity index (χ2n) is 3.28. The van der Waals surface area contributed by atoms with Gasteiger partial charge in [0.2, 0.25) is 5.91 Å². The lowest BCUT2D eigenvalue weighted by atomic mass is 10.3. The molecule has 0 aromatic carbocycles. The summed E-state index contributed by atoms with van der Waals surface area (Å²) in [4.78, 5) is 25.6. The summed E-state index contributed by atoms with van der Waals surface area (Å²) in [7, 11) is 0. The number of nitrogens with one attached hydrogen (secondary N) is 2. The Bertz CT molecular complexity index is 371. The van der Waals surface area contributed by atoms with Crippen molar-refractivity contribution in [3.05, 3.63) is 18.0 Å². The van der Waals surface area contributed by atoms with E-state index in [1.54, 1.807) is 19.2 Å². The molecule has 0 aliphatic carbocycles. The second kappa shape index (κ2) is 5.95. The zero-order valence-electron chi connectivity index (χ0n) is 9.50. The van der Waals surface area contributed by atoms with Crippen molar-refractivity contribution in [3.8, 4) is 0 Å². The molecule has 1 amide bonds. The molecule has 2 N–H and O–H groups in total. The van der Waals surface area contributed by atoms with E-state index in [0.29, 0.717) is 18.7 Å². The fourth-order valence-corrected chi connectivity index (χ4v) is 1.29. The first-order valence-corrected chi connectivity index (χ1v) is 5.33. The first-order chi connectivity index (χ1) is 7.69. The van der Waals surface area contributed by atoms with Crippen LogP contribution in [0.15, 0.2) is 12.3 Å². The van der Waals surface area contributed by atoms with Gasteiger partial charge >= 0.3 is 5.97 Å². The third-order valence-electron chi connectivity index (χ3n) is 1.98. The standard InChI is InChI=1S/C11H16N2O3/c1-3-5-9(14)13-8-6-7-12-10(8)11(15)16-4-2/h6-7,12H,3-5H2,1-2H3,(H,13,14). The number of hydrogen-bond donors (Lipinski definition) is 2. The second-order valence-corrected chi connectivity index (χ2v) is 3.28. The van der Waals surface area contributed by atoms with Gasteiger partial charge in [-0.3, -0.25) is 4.79 Å². The number of hydrogen-bond acceptors (Lipinski definition) is 3. The van der Waals surface area contributed by atoms with Crippen LogP contribution in [0.1, 0.15) is 37.2 Å². The average molecular weight is 224 g/mol. The van der Waals surface area contributed by atoms with Crippen molar-refractivity contribution >= 4 is 17.6 Å². The van der Waals surface area contributed by atoms with Gasteiger partial charge in [0.05, 0.1) is 12.3 Å². The fourth-order valence-electron chi connectivity index (χ4n) is 1.29. The lowest BCUT2D eigenvalue weighted by molar-refractivity contribution is -0.116. The first kappa shape index (κ1) is 12.3. The molecule has 0 aliphatic heterocycles. The van der Waals surface area contributed by atoms with Crippen LogP contribution >= 0.6 is 0 Å². The van der Waals surface area contributed by atoms with Gasteiger partial charge in [0.15, 0.2) is 0 Å². The SMILES string of the molecule is CCCC(=O)Nc1cc[nH]c1C(=O)OCC. The molecule has 1 rings (SSSR count). The molecule has 0 radical (unpaired) electrons. The first-order valence-electron chi connectivity index (χ1n) is 5.33. The summed E-state index contributed by atoms with van der Waals surface area (Å²) in [6, 6.07) is 1.64. The summed E-state index contributed by atoms with van der Waals surface area (Å²) in [6.07, 6.45) is 2.80. The highest BCUT2D eigenvalue weighted by Gasteiger charge is 2.15. The Balaban J connectivity index is 2.70. The molecule has 1 aromatic heterocycles. The van der Waals surface area contributed by atoms with Crippen molar-refractivity contribution in [1.82, 2.24) is 4.98 Å². The van der Waals surface area contributed by atoms with E-state index in [1.807, 2.05) is 6.92 Å². The Morgan fingerprint density at radius 1 is 1.44 bits per heavy atom. The number of amides is 1. The van der Waals surface area contributed by atoms with Gasteiger partial charge < -0.3 is 15.0 Å². The molecule has 0 atom stereocenters. The summed E-state index contributed by atoms with van der Waals surface area (Å²) < 4.78 is 4.85. The highest BCUT2D eigenvalue weighted by Crippen LogP contribution is 2.15. The van der Waals surface area contributed by atoms with E-state index in [1.165, 1.54) is 0 Å². The number of carbonyl (C=O) groups is 2. The van der Waals surface area contributed by atoms with E-state index in [2.05, 4.69) is 10.3 Å². The topological polar surface area (TPSA) is 71.2 Å². The summed E-state index contributed by atoms with van der Waals surface area (Å²) in [5.41, 5.74) is 0.753. The lowest BCUT2D eigenvalue weighted by Crippen LogP contribution is -2.14. The number of aromatic nitrogens is 1. The molecule has 0 bridgehead atoms. The molecule has 0 aliphatic rings. The third-order valence-corrected chi connectivity index (χ3v) is 1.98. The van der Waals surface area contributed by atoms with Crippen molar-refractivity contribution in [2.45, 2.75) is 26.7 Å². The Kier molecular flexibility index (Phi) is 4.57. The van der Waals surface area contributed by atoms with Crippen LogP contribution < -0.4 is 5.32 Å². The minimum absolute atomic E-state index is 0.104. The maximum atomic E-state index is 11.5. The minimum Gasteiger partial charge on any atom is -0.461 e. The molecule has 88 valence electrons. The maximum absolute atomic E-state index is 11.5. The summed E-state index contributed by atoms with van der Waals surface area (Å²) in [5.74, 6) is -0.563. The van der Waals surface area contributed by atoms with E-state index in [9.17, 15) is 9.59 Å². The number of anilines is 1. The predicted molar refractivity (Wildman–Crippen MR) is 60.3 cm³/mol. The van der Waals surface area contributed by atoms with Crippen LogP contribution in [0.25, 0.3) is 0 Å². The van der Waals surface area contributed by atoms with Crippen molar-refractivity contribution in [1.29, 1.82) is 0 Å². The highest BCUT2D eigenvalue weighted by molar-refractivity contribution is 6.00. The molecule has 1 aromatic rings. The Morgan fingerprint density at radius 3 is 2.81 bits per heavy atom. The Morgan fingerprint density at radius 2 is 2.19 bits per heavy atom. The third kappa shape index (κ3) is 3.12. The van der Waals surface area contributed by atoms with Crippen LogP contribution in [-0.2, 0) is 9.53 Å². The number of aromatic amines is 1. The molecule has 0 saturated heterocycles. The molecule has 5 heteroatoms. The van der Waals surface area contributed by atoms with Crippen LogP contribution in [-0.4, -0.2) is 23.5 Å². The van der Waals surface area contributed by atoms with Crippen LogP contribution in [0.4, 0.5) is 5.69 Å². The number of rotatable bonds is 5. The van der Waals surface area contributed by atoms with E-state index >= 15 is 0 Å². The molecule has 0 unspecified atom stereocenters. The van der Waals surface area contributed by atoms with E-state index in [4.69, 9.17) is 4.74 Å². The van der Waals surface area contributed by atoms with Gasteiger partial charge in [-0.1, -0.05) is 6.92 Å². The van der Waals surface area contributed by atoms with Gasteiger partial charge in [-0.05, 0) is 19.4 Å². The monoisotopic (exact) mass is 224 g/mol. The fraction of sp³-hybridized carbons (Fsp3) is 0.455. The normalized spacial score (nSPS) is 9.88. The number of esters is 1. The molecule has 0 saturated carbocycles. The van der Waals surface area contributed by atoms with Gasteiger partial charge in [-0.2, -0.15) is 0 Å². The highest BCUT2D eigenvalue weighted by atomic mass is 16.5. The van der Waals surface area contributed by atoms with Crippen molar-refractivity contribution in [3.63, 3.8) is 0 Å². The molecule has 0 spiro atoms. The number of H-pyrrole nitrogens is 1. The molecule has 1 heterocycles. The quantitative estimate of drug-likeness (QED) is 0.751. The zero-order chi connectivity index (χ0) is 12.0. The molecular weight excluding hydrogens is 208 g/mol. The number of carbonyl (C=O) groups excluding carboxylic acids is 2. The summed E-state index contributed by atoms with van der Waals surface area (Å²) in [6.45, 7) is 3.96. The largest absolute Gasteiger partial charge is 0.461 e. The molecule has 16 heavy (non-hydrogen) atoms. The minimum atomic E-state index is -0.459. The van der Waals surface area contributed by atoms with Gasteiger partial charge in [0, 0.05) is 12.6 Å². The van der Waals surface area contributed by atoms with Crippen LogP contribution in [0.5, 0.6) is 0 Å². The summed E-state index contributed by atoms with van der Waals surface area (Å²) >= 11 is 0. The summed E-state index contributed by atoms with van der Waals surface area (Å²) in [5, 5.41) is 2.66. The van der Waals surface area contributed by atoms with Gasteiger partial charge in [-0.15, -0.1) is 0 Å². The maximum Gasteiger partial charge on any atom is 0.356 e. The Labute approximate surface area is 94.2 Å². The van der Waals surface area contributed by atoms with Crippen LogP contribution in [0.3, 0.4) is 0 Å². The lowest BCUT2D eigenvalue weighted by Gasteiger charge is -2.05. The predicted octanol–water partition coefficient (Wildman–Crippen LogP) is 1.93. The van der Waals surface area contributed by atoms with Gasteiger partial charge in [-0.25, -0.2) is 4.79 Å². The van der Waals surface area contributed by atoms with E-state index < -0.39 is 5.97 Å². The Hall–Kier alpha value is -1.78.